The Hall–Kier alpha value is -4.24. The summed E-state index contributed by atoms with van der Waals surface area (Å²) in [4.78, 5) is 22.0. The highest BCUT2D eigenvalue weighted by Crippen LogP contribution is 2.31. The predicted molar refractivity (Wildman–Crippen MR) is 144 cm³/mol. The lowest BCUT2D eigenvalue weighted by atomic mass is 9.95. The molecule has 1 saturated carbocycles. The van der Waals surface area contributed by atoms with E-state index >= 15 is 0 Å². The summed E-state index contributed by atoms with van der Waals surface area (Å²) in [5, 5.41) is 13.4. The lowest BCUT2D eigenvalue weighted by Gasteiger charge is -2.22. The molecule has 2 aromatic heterocycles. The van der Waals surface area contributed by atoms with E-state index < -0.39 is 0 Å². The average Bonchev–Trinajstić information content (AvgIpc) is 3.66. The molecule has 4 aromatic rings. The van der Waals surface area contributed by atoms with Gasteiger partial charge in [-0.15, -0.1) is 0 Å². The van der Waals surface area contributed by atoms with Gasteiger partial charge in [0.1, 0.15) is 11.6 Å². The quantitative estimate of drug-likeness (QED) is 0.301. The summed E-state index contributed by atoms with van der Waals surface area (Å²) in [5.74, 6) is 1.81. The van der Waals surface area contributed by atoms with Gasteiger partial charge in [-0.25, -0.2) is 9.97 Å². The number of nitrogens with zero attached hydrogens (tertiary/aromatic N) is 3. The molecule has 3 N–H and O–H groups in total. The molecule has 0 saturated heterocycles. The van der Waals surface area contributed by atoms with Gasteiger partial charge in [-0.1, -0.05) is 43.5 Å². The van der Waals surface area contributed by atoms with Crippen molar-refractivity contribution in [1.82, 2.24) is 25.5 Å². The summed E-state index contributed by atoms with van der Waals surface area (Å²) >= 11 is 0. The number of amides is 1. The SMILES string of the molecule is O=C(COc1cccc(-c2nc3c(c(Nc4ccc(-c5cn[nH]c5)cc4)n2)COC3)c1)NC1CCCCC1. The Labute approximate surface area is 221 Å². The van der Waals surface area contributed by atoms with E-state index in [4.69, 9.17) is 19.4 Å². The Morgan fingerprint density at radius 1 is 1.00 bits per heavy atom. The minimum Gasteiger partial charge on any atom is -0.484 e. The fourth-order valence-corrected chi connectivity index (χ4v) is 4.97. The summed E-state index contributed by atoms with van der Waals surface area (Å²) in [6, 6.07) is 15.9. The van der Waals surface area contributed by atoms with Crippen molar-refractivity contribution in [3.05, 3.63) is 72.2 Å². The average molecular weight is 511 g/mol. The number of aromatic nitrogens is 4. The number of aromatic amines is 1. The van der Waals surface area contributed by atoms with E-state index in [0.29, 0.717) is 24.8 Å². The lowest BCUT2D eigenvalue weighted by molar-refractivity contribution is -0.124. The molecule has 0 radical (unpaired) electrons. The molecule has 0 unspecified atom stereocenters. The van der Waals surface area contributed by atoms with Crippen LogP contribution in [-0.2, 0) is 22.7 Å². The Morgan fingerprint density at radius 3 is 2.68 bits per heavy atom. The zero-order valence-corrected chi connectivity index (χ0v) is 21.1. The summed E-state index contributed by atoms with van der Waals surface area (Å²) in [5.41, 5.74) is 5.65. The molecule has 2 aliphatic rings. The van der Waals surface area contributed by atoms with E-state index in [1.54, 1.807) is 6.20 Å². The second kappa shape index (κ2) is 11.0. The van der Waals surface area contributed by atoms with Crippen molar-refractivity contribution in [3.63, 3.8) is 0 Å². The number of nitrogens with one attached hydrogen (secondary N) is 3. The number of anilines is 2. The van der Waals surface area contributed by atoms with E-state index in [-0.39, 0.29) is 18.6 Å². The Morgan fingerprint density at radius 2 is 1.87 bits per heavy atom. The van der Waals surface area contributed by atoms with Crippen molar-refractivity contribution < 1.29 is 14.3 Å². The first-order valence-electron chi connectivity index (χ1n) is 13.1. The van der Waals surface area contributed by atoms with Crippen molar-refractivity contribution >= 4 is 17.4 Å². The first kappa shape index (κ1) is 24.1. The molecule has 6 rings (SSSR count). The smallest absolute Gasteiger partial charge is 0.258 e. The van der Waals surface area contributed by atoms with Crippen LogP contribution in [0.3, 0.4) is 0 Å². The van der Waals surface area contributed by atoms with Crippen molar-refractivity contribution in [2.75, 3.05) is 11.9 Å². The Balaban J connectivity index is 1.17. The van der Waals surface area contributed by atoms with Crippen molar-refractivity contribution in [1.29, 1.82) is 0 Å². The highest BCUT2D eigenvalue weighted by Gasteiger charge is 2.21. The molecule has 1 fully saturated rings. The zero-order chi connectivity index (χ0) is 25.7. The summed E-state index contributed by atoms with van der Waals surface area (Å²) in [6.07, 6.45) is 9.36. The molecule has 1 aliphatic carbocycles. The molecule has 0 spiro atoms. The maximum Gasteiger partial charge on any atom is 0.258 e. The van der Waals surface area contributed by atoms with Crippen LogP contribution in [0.15, 0.2) is 60.9 Å². The normalized spacial score (nSPS) is 15.2. The second-order valence-electron chi connectivity index (χ2n) is 9.72. The van der Waals surface area contributed by atoms with Crippen LogP contribution in [0, 0.1) is 0 Å². The number of rotatable bonds is 8. The molecule has 194 valence electrons. The van der Waals surface area contributed by atoms with Gasteiger partial charge < -0.3 is 20.1 Å². The number of carbonyl (C=O) groups excluding carboxylic acids is 1. The molecule has 0 bridgehead atoms. The van der Waals surface area contributed by atoms with Gasteiger partial charge >= 0.3 is 0 Å². The van der Waals surface area contributed by atoms with Crippen LogP contribution in [0.2, 0.25) is 0 Å². The number of hydrogen-bond acceptors (Lipinski definition) is 7. The van der Waals surface area contributed by atoms with E-state index in [9.17, 15) is 4.79 Å². The maximum absolute atomic E-state index is 12.4. The second-order valence-corrected chi connectivity index (χ2v) is 9.72. The lowest BCUT2D eigenvalue weighted by Crippen LogP contribution is -2.38. The monoisotopic (exact) mass is 510 g/mol. The van der Waals surface area contributed by atoms with Gasteiger partial charge in [0.15, 0.2) is 12.4 Å². The fourth-order valence-electron chi connectivity index (χ4n) is 4.97. The topological polar surface area (TPSA) is 114 Å². The largest absolute Gasteiger partial charge is 0.484 e. The number of H-pyrrole nitrogens is 1. The van der Waals surface area contributed by atoms with Gasteiger partial charge in [0.2, 0.25) is 0 Å². The number of benzene rings is 2. The Kier molecular flexibility index (Phi) is 6.99. The maximum atomic E-state index is 12.4. The molecular formula is C29H30N6O3. The highest BCUT2D eigenvalue weighted by molar-refractivity contribution is 5.78. The Bertz CT molecular complexity index is 1400. The van der Waals surface area contributed by atoms with E-state index in [1.807, 2.05) is 54.7 Å². The van der Waals surface area contributed by atoms with Crippen LogP contribution in [-0.4, -0.2) is 38.7 Å². The van der Waals surface area contributed by atoms with Crippen LogP contribution in [0.5, 0.6) is 5.75 Å². The number of carbonyl (C=O) groups is 1. The molecule has 1 amide bonds. The van der Waals surface area contributed by atoms with Crippen molar-refractivity contribution in [2.24, 2.45) is 0 Å². The summed E-state index contributed by atoms with van der Waals surface area (Å²) < 4.78 is 11.5. The van der Waals surface area contributed by atoms with Crippen LogP contribution in [0.1, 0.15) is 43.4 Å². The molecule has 38 heavy (non-hydrogen) atoms. The minimum absolute atomic E-state index is 0.0134. The number of ether oxygens (including phenoxy) is 2. The van der Waals surface area contributed by atoms with Crippen molar-refractivity contribution in [2.45, 2.75) is 51.4 Å². The molecule has 9 heteroatoms. The van der Waals surface area contributed by atoms with Gasteiger partial charge in [0.05, 0.1) is 25.1 Å². The molecule has 9 nitrogen and oxygen atoms in total. The van der Waals surface area contributed by atoms with Gasteiger partial charge in [-0.05, 0) is 42.7 Å². The third-order valence-electron chi connectivity index (χ3n) is 6.99. The highest BCUT2D eigenvalue weighted by atomic mass is 16.5. The molecule has 0 atom stereocenters. The zero-order valence-electron chi connectivity index (χ0n) is 21.1. The van der Waals surface area contributed by atoms with E-state index in [0.717, 1.165) is 52.3 Å². The van der Waals surface area contributed by atoms with Gasteiger partial charge in [0, 0.05) is 34.6 Å². The predicted octanol–water partition coefficient (Wildman–Crippen LogP) is 5.14. The van der Waals surface area contributed by atoms with Crippen molar-refractivity contribution in [3.8, 4) is 28.3 Å². The molecule has 1 aliphatic heterocycles. The molecule has 3 heterocycles. The van der Waals surface area contributed by atoms with Gasteiger partial charge in [-0.3, -0.25) is 9.89 Å². The third-order valence-corrected chi connectivity index (χ3v) is 6.99. The fraction of sp³-hybridized carbons (Fsp3) is 0.310. The van der Waals surface area contributed by atoms with Gasteiger partial charge in [0.25, 0.3) is 5.91 Å². The first-order valence-corrected chi connectivity index (χ1v) is 13.1. The molecular weight excluding hydrogens is 480 g/mol. The summed E-state index contributed by atoms with van der Waals surface area (Å²) in [6.45, 7) is 0.890. The minimum atomic E-state index is -0.0847. The van der Waals surface area contributed by atoms with Crippen LogP contribution in [0.4, 0.5) is 11.5 Å². The molecule has 2 aromatic carbocycles. The third kappa shape index (κ3) is 5.52. The first-order chi connectivity index (χ1) is 18.7. The van der Waals surface area contributed by atoms with E-state index in [2.05, 4.69) is 20.8 Å². The number of hydrogen-bond donors (Lipinski definition) is 3. The van der Waals surface area contributed by atoms with E-state index in [1.165, 1.54) is 19.3 Å². The van der Waals surface area contributed by atoms with Crippen LogP contribution < -0.4 is 15.4 Å². The number of fused-ring (bicyclic) bond motifs is 1. The summed E-state index contributed by atoms with van der Waals surface area (Å²) in [7, 11) is 0. The van der Waals surface area contributed by atoms with Crippen LogP contribution >= 0.6 is 0 Å². The van der Waals surface area contributed by atoms with Gasteiger partial charge in [-0.2, -0.15) is 5.10 Å². The van der Waals surface area contributed by atoms with Crippen LogP contribution in [0.25, 0.3) is 22.5 Å². The standard InChI is InChI=1S/C29H30N6O3/c36-27(32-22-6-2-1-3-7-22)18-38-24-8-4-5-20(13-24)28-34-26-17-37-16-25(26)29(35-28)33-23-11-9-19(10-12-23)21-14-30-31-15-21/h4-5,8-15,22H,1-3,6-7,16-18H2,(H,30,31)(H,32,36)(H,33,34,35).